The Morgan fingerprint density at radius 2 is 1.69 bits per heavy atom. The van der Waals surface area contributed by atoms with Crippen molar-refractivity contribution in [3.63, 3.8) is 0 Å². The molecule has 1 aromatic heterocycles. The third-order valence-corrected chi connectivity index (χ3v) is 5.02. The molecule has 0 saturated carbocycles. The molecule has 1 aliphatic rings. The van der Waals surface area contributed by atoms with Crippen LogP contribution >= 0.6 is 0 Å². The minimum absolute atomic E-state index is 0.210. The van der Waals surface area contributed by atoms with Crippen molar-refractivity contribution in [3.05, 3.63) is 78.1 Å². The number of aromatic nitrogens is 2. The lowest BCUT2D eigenvalue weighted by atomic mass is 10.2. The molecular formula is C22H23N5O2. The molecule has 7 heteroatoms. The van der Waals surface area contributed by atoms with Gasteiger partial charge < -0.3 is 15.3 Å². The predicted molar refractivity (Wildman–Crippen MR) is 113 cm³/mol. The normalized spacial score (nSPS) is 14.6. The zero-order valence-corrected chi connectivity index (χ0v) is 16.0. The number of carbonyl (C=O) groups is 1. The Labute approximate surface area is 169 Å². The van der Waals surface area contributed by atoms with Gasteiger partial charge in [0.05, 0.1) is 11.3 Å². The van der Waals surface area contributed by atoms with Crippen molar-refractivity contribution in [3.8, 4) is 0 Å². The summed E-state index contributed by atoms with van der Waals surface area (Å²) in [4.78, 5) is 24.7. The summed E-state index contributed by atoms with van der Waals surface area (Å²) in [7, 11) is 0. The summed E-state index contributed by atoms with van der Waals surface area (Å²) in [6, 6.07) is 19.2. The van der Waals surface area contributed by atoms with Crippen molar-refractivity contribution in [2.45, 2.75) is 6.54 Å². The Morgan fingerprint density at radius 1 is 0.966 bits per heavy atom. The summed E-state index contributed by atoms with van der Waals surface area (Å²) in [5, 5.41) is 12.5. The van der Waals surface area contributed by atoms with Crippen LogP contribution in [-0.2, 0) is 6.54 Å². The van der Waals surface area contributed by atoms with E-state index in [1.165, 1.54) is 11.9 Å². The van der Waals surface area contributed by atoms with Gasteiger partial charge in [-0.1, -0.05) is 42.5 Å². The Kier molecular flexibility index (Phi) is 5.67. The molecule has 1 aliphatic heterocycles. The molecule has 29 heavy (non-hydrogen) atoms. The SMILES string of the molecule is O=C(O)c1ccccc1Nc1cc(N2CCN(Cc3ccccc3)CC2)ncn1. The van der Waals surface area contributed by atoms with Gasteiger partial charge in [-0.25, -0.2) is 14.8 Å². The van der Waals surface area contributed by atoms with Gasteiger partial charge in [-0.3, -0.25) is 4.90 Å². The fourth-order valence-electron chi connectivity index (χ4n) is 3.48. The van der Waals surface area contributed by atoms with E-state index in [4.69, 9.17) is 0 Å². The number of carboxylic acids is 1. The van der Waals surface area contributed by atoms with E-state index < -0.39 is 5.97 Å². The number of nitrogens with zero attached hydrogens (tertiary/aromatic N) is 4. The number of rotatable bonds is 6. The maximum Gasteiger partial charge on any atom is 0.337 e. The average molecular weight is 389 g/mol. The number of para-hydroxylation sites is 1. The first kappa shape index (κ1) is 18.9. The number of hydrogen-bond donors (Lipinski definition) is 2. The zero-order chi connectivity index (χ0) is 20.1. The lowest BCUT2D eigenvalue weighted by Crippen LogP contribution is -2.46. The van der Waals surface area contributed by atoms with E-state index in [0.717, 1.165) is 38.5 Å². The van der Waals surface area contributed by atoms with Crippen LogP contribution in [0.1, 0.15) is 15.9 Å². The van der Waals surface area contributed by atoms with E-state index in [0.29, 0.717) is 11.5 Å². The molecule has 3 aromatic rings. The summed E-state index contributed by atoms with van der Waals surface area (Å²) in [5.41, 5.74) is 2.05. The summed E-state index contributed by atoms with van der Waals surface area (Å²) in [6.45, 7) is 4.65. The quantitative estimate of drug-likeness (QED) is 0.670. The van der Waals surface area contributed by atoms with Crippen molar-refractivity contribution >= 4 is 23.3 Å². The van der Waals surface area contributed by atoms with Gasteiger partial charge in [0.1, 0.15) is 18.0 Å². The third kappa shape index (κ3) is 4.70. The molecule has 1 fully saturated rings. The molecule has 4 rings (SSSR count). The minimum atomic E-state index is -0.975. The highest BCUT2D eigenvalue weighted by molar-refractivity contribution is 5.95. The maximum absolute atomic E-state index is 11.4. The number of carboxylic acid groups (broad SMARTS) is 1. The summed E-state index contributed by atoms with van der Waals surface area (Å²) >= 11 is 0. The summed E-state index contributed by atoms with van der Waals surface area (Å²) < 4.78 is 0. The van der Waals surface area contributed by atoms with Crippen LogP contribution in [0.15, 0.2) is 67.0 Å². The molecule has 0 atom stereocenters. The second kappa shape index (κ2) is 8.70. The Morgan fingerprint density at radius 3 is 2.45 bits per heavy atom. The molecule has 2 N–H and O–H groups in total. The van der Waals surface area contributed by atoms with Crippen molar-refractivity contribution < 1.29 is 9.90 Å². The van der Waals surface area contributed by atoms with Gasteiger partial charge in [-0.2, -0.15) is 0 Å². The van der Waals surface area contributed by atoms with Crippen LogP contribution in [0, 0.1) is 0 Å². The number of nitrogens with one attached hydrogen (secondary N) is 1. The maximum atomic E-state index is 11.4. The predicted octanol–water partition coefficient (Wildman–Crippen LogP) is 3.24. The van der Waals surface area contributed by atoms with Crippen LogP contribution in [0.25, 0.3) is 0 Å². The van der Waals surface area contributed by atoms with Gasteiger partial charge in [-0.05, 0) is 17.7 Å². The van der Waals surface area contributed by atoms with E-state index in [1.807, 2.05) is 12.1 Å². The first-order valence-electron chi connectivity index (χ1n) is 9.62. The standard InChI is InChI=1S/C22H23N5O2/c28-22(29)18-8-4-5-9-19(18)25-20-14-21(24-16-23-20)27-12-10-26(11-13-27)15-17-6-2-1-3-7-17/h1-9,14,16H,10-13,15H2,(H,28,29)(H,23,24,25). The molecule has 1 saturated heterocycles. The van der Waals surface area contributed by atoms with Gasteiger partial charge in [0.2, 0.25) is 0 Å². The molecule has 7 nitrogen and oxygen atoms in total. The summed E-state index contributed by atoms with van der Waals surface area (Å²) in [5.74, 6) is 0.446. The van der Waals surface area contributed by atoms with Crippen molar-refractivity contribution in [1.82, 2.24) is 14.9 Å². The van der Waals surface area contributed by atoms with E-state index in [-0.39, 0.29) is 5.56 Å². The number of anilines is 3. The highest BCUT2D eigenvalue weighted by Crippen LogP contribution is 2.22. The molecule has 148 valence electrons. The van der Waals surface area contributed by atoms with Crippen LogP contribution in [0.2, 0.25) is 0 Å². The Balaban J connectivity index is 1.40. The first-order chi connectivity index (χ1) is 14.2. The third-order valence-electron chi connectivity index (χ3n) is 5.02. The fourth-order valence-corrected chi connectivity index (χ4v) is 3.48. The van der Waals surface area contributed by atoms with Gasteiger partial charge in [0.15, 0.2) is 0 Å². The molecule has 2 heterocycles. The lowest BCUT2D eigenvalue weighted by Gasteiger charge is -2.35. The number of piperazine rings is 1. The molecule has 0 amide bonds. The van der Waals surface area contributed by atoms with Gasteiger partial charge in [0.25, 0.3) is 0 Å². The van der Waals surface area contributed by atoms with Crippen LogP contribution in [0.3, 0.4) is 0 Å². The first-order valence-corrected chi connectivity index (χ1v) is 9.62. The van der Waals surface area contributed by atoms with Crippen molar-refractivity contribution in [2.75, 3.05) is 36.4 Å². The zero-order valence-electron chi connectivity index (χ0n) is 16.0. The smallest absolute Gasteiger partial charge is 0.337 e. The largest absolute Gasteiger partial charge is 0.478 e. The van der Waals surface area contributed by atoms with Crippen LogP contribution in [-0.4, -0.2) is 52.1 Å². The van der Waals surface area contributed by atoms with E-state index in [9.17, 15) is 9.90 Å². The monoisotopic (exact) mass is 389 g/mol. The molecule has 0 radical (unpaired) electrons. The minimum Gasteiger partial charge on any atom is -0.478 e. The summed E-state index contributed by atoms with van der Waals surface area (Å²) in [6.07, 6.45) is 1.51. The molecule has 0 bridgehead atoms. The van der Waals surface area contributed by atoms with Gasteiger partial charge in [-0.15, -0.1) is 0 Å². The van der Waals surface area contributed by atoms with Crippen LogP contribution in [0.4, 0.5) is 17.3 Å². The average Bonchev–Trinajstić information content (AvgIpc) is 2.75. The van der Waals surface area contributed by atoms with Crippen LogP contribution < -0.4 is 10.2 Å². The highest BCUT2D eigenvalue weighted by atomic mass is 16.4. The second-order valence-electron chi connectivity index (χ2n) is 6.99. The number of benzene rings is 2. The molecule has 2 aromatic carbocycles. The molecular weight excluding hydrogens is 366 g/mol. The topological polar surface area (TPSA) is 81.6 Å². The lowest BCUT2D eigenvalue weighted by molar-refractivity contribution is 0.0698. The van der Waals surface area contributed by atoms with Gasteiger partial charge in [0, 0.05) is 38.8 Å². The molecule has 0 unspecified atom stereocenters. The molecule has 0 spiro atoms. The number of hydrogen-bond acceptors (Lipinski definition) is 6. The Hall–Kier alpha value is -3.45. The number of aromatic carboxylic acids is 1. The second-order valence-corrected chi connectivity index (χ2v) is 6.99. The van der Waals surface area contributed by atoms with E-state index in [2.05, 4.69) is 49.4 Å². The molecule has 0 aliphatic carbocycles. The van der Waals surface area contributed by atoms with Crippen molar-refractivity contribution in [2.24, 2.45) is 0 Å². The Bertz CT molecular complexity index is 972. The fraction of sp³-hybridized carbons (Fsp3) is 0.227. The van der Waals surface area contributed by atoms with E-state index in [1.54, 1.807) is 24.3 Å². The highest BCUT2D eigenvalue weighted by Gasteiger charge is 2.19. The van der Waals surface area contributed by atoms with Crippen LogP contribution in [0.5, 0.6) is 0 Å². The van der Waals surface area contributed by atoms with Gasteiger partial charge >= 0.3 is 5.97 Å². The van der Waals surface area contributed by atoms with Crippen molar-refractivity contribution in [1.29, 1.82) is 0 Å². The van der Waals surface area contributed by atoms with E-state index >= 15 is 0 Å².